The number of rotatable bonds is 9. The van der Waals surface area contributed by atoms with E-state index in [1.54, 1.807) is 6.20 Å². The van der Waals surface area contributed by atoms with Crippen molar-refractivity contribution in [3.63, 3.8) is 0 Å². The van der Waals surface area contributed by atoms with Crippen molar-refractivity contribution in [1.82, 2.24) is 24.7 Å². The molecule has 1 amide bonds. The van der Waals surface area contributed by atoms with E-state index < -0.39 is 0 Å². The summed E-state index contributed by atoms with van der Waals surface area (Å²) in [6.07, 6.45) is 5.55. The number of carbonyl (C=O) groups is 1. The molecule has 0 spiro atoms. The van der Waals surface area contributed by atoms with Gasteiger partial charge in [0, 0.05) is 45.6 Å². The Kier molecular flexibility index (Phi) is 8.52. The van der Waals surface area contributed by atoms with Crippen LogP contribution in [0.1, 0.15) is 31.9 Å². The number of guanidine groups is 1. The summed E-state index contributed by atoms with van der Waals surface area (Å²) in [4.78, 5) is 24.8. The Morgan fingerprint density at radius 1 is 1.14 bits per heavy atom. The number of aliphatic imine (C=N–C) groups is 1. The molecule has 0 fully saturated rings. The number of benzene rings is 1. The minimum atomic E-state index is 0.113. The topological polar surface area (TPSA) is 65.8 Å². The van der Waals surface area contributed by atoms with Crippen LogP contribution in [0.15, 0.2) is 48.0 Å². The third-order valence-electron chi connectivity index (χ3n) is 4.54. The lowest BCUT2D eigenvalue weighted by atomic mass is 10.1. The van der Waals surface area contributed by atoms with Gasteiger partial charge in [-0.05, 0) is 31.9 Å². The van der Waals surface area contributed by atoms with Crippen LogP contribution in [0.5, 0.6) is 0 Å². The van der Waals surface area contributed by atoms with Gasteiger partial charge in [0.1, 0.15) is 0 Å². The fraction of sp³-hybridized carbons (Fsp3) is 0.476. The molecular formula is C21H32N6O. The number of likely N-dealkylation sites (N-methyl/N-ethyl adjacent to an activating group) is 2. The van der Waals surface area contributed by atoms with Gasteiger partial charge in [-0.15, -0.1) is 0 Å². The normalized spacial score (nSPS) is 11.4. The molecule has 0 aliphatic carbocycles. The third kappa shape index (κ3) is 6.40. The number of aromatic nitrogens is 2. The Balaban J connectivity index is 1.98. The largest absolute Gasteiger partial charge is 0.357 e. The summed E-state index contributed by atoms with van der Waals surface area (Å²) in [5.41, 5.74) is 2.35. The zero-order valence-electron chi connectivity index (χ0n) is 17.4. The number of imidazole rings is 1. The van der Waals surface area contributed by atoms with Crippen LogP contribution in [-0.2, 0) is 17.9 Å². The lowest BCUT2D eigenvalue weighted by molar-refractivity contribution is -0.131. The number of hydrogen-bond donors (Lipinski definition) is 1. The summed E-state index contributed by atoms with van der Waals surface area (Å²) in [5, 5.41) is 3.27. The molecular weight excluding hydrogens is 352 g/mol. The first-order valence-corrected chi connectivity index (χ1v) is 9.88. The van der Waals surface area contributed by atoms with Gasteiger partial charge >= 0.3 is 0 Å². The van der Waals surface area contributed by atoms with Crippen molar-refractivity contribution >= 4 is 11.9 Å². The lowest BCUT2D eigenvalue weighted by Gasteiger charge is -2.25. The Bertz CT molecular complexity index is 735. The zero-order valence-corrected chi connectivity index (χ0v) is 17.4. The fourth-order valence-corrected chi connectivity index (χ4v) is 2.93. The summed E-state index contributed by atoms with van der Waals surface area (Å²) in [6, 6.07) is 8.43. The second-order valence-electron chi connectivity index (χ2n) is 6.64. The highest BCUT2D eigenvalue weighted by Crippen LogP contribution is 2.08. The monoisotopic (exact) mass is 384 g/mol. The lowest BCUT2D eigenvalue weighted by Crippen LogP contribution is -2.45. The molecule has 0 saturated carbocycles. The zero-order chi connectivity index (χ0) is 20.4. The second-order valence-corrected chi connectivity index (χ2v) is 6.64. The molecule has 1 aromatic carbocycles. The summed E-state index contributed by atoms with van der Waals surface area (Å²) in [5.74, 6) is 0.854. The first-order chi connectivity index (χ1) is 13.6. The van der Waals surface area contributed by atoms with Crippen molar-refractivity contribution in [3.8, 4) is 0 Å². The molecule has 7 nitrogen and oxygen atoms in total. The standard InChI is InChI=1S/C21H32N6O/c1-5-23-21(25(4)16-20(28)27(6-2)7-3)24-14-18-8-10-19(11-9-18)15-26-13-12-22-17-26/h8-13,17H,5-7,14-16H2,1-4H3,(H,23,24). The smallest absolute Gasteiger partial charge is 0.242 e. The van der Waals surface area contributed by atoms with Gasteiger partial charge in [0.25, 0.3) is 0 Å². The maximum atomic E-state index is 12.4. The van der Waals surface area contributed by atoms with E-state index in [2.05, 4.69) is 34.6 Å². The molecule has 0 atom stereocenters. The van der Waals surface area contributed by atoms with Gasteiger partial charge in [-0.1, -0.05) is 24.3 Å². The number of hydrogen-bond acceptors (Lipinski definition) is 3. The Morgan fingerprint density at radius 2 is 1.82 bits per heavy atom. The summed E-state index contributed by atoms with van der Waals surface area (Å²) >= 11 is 0. The van der Waals surface area contributed by atoms with E-state index in [4.69, 9.17) is 4.99 Å². The minimum Gasteiger partial charge on any atom is -0.357 e. The van der Waals surface area contributed by atoms with Crippen molar-refractivity contribution in [1.29, 1.82) is 0 Å². The van der Waals surface area contributed by atoms with Gasteiger partial charge in [0.2, 0.25) is 5.91 Å². The molecule has 0 bridgehead atoms. The van der Waals surface area contributed by atoms with Gasteiger partial charge in [-0.25, -0.2) is 9.98 Å². The Hall–Kier alpha value is -2.83. The van der Waals surface area contributed by atoms with Gasteiger partial charge < -0.3 is 19.7 Å². The van der Waals surface area contributed by atoms with Crippen LogP contribution < -0.4 is 5.32 Å². The molecule has 0 unspecified atom stereocenters. The molecule has 2 aromatic rings. The van der Waals surface area contributed by atoms with E-state index in [0.29, 0.717) is 13.1 Å². The quantitative estimate of drug-likeness (QED) is 0.532. The van der Waals surface area contributed by atoms with Crippen LogP contribution in [0.25, 0.3) is 0 Å². The van der Waals surface area contributed by atoms with E-state index in [1.165, 1.54) is 5.56 Å². The van der Waals surface area contributed by atoms with Crippen LogP contribution in [0.2, 0.25) is 0 Å². The van der Waals surface area contributed by atoms with E-state index in [-0.39, 0.29) is 5.91 Å². The maximum Gasteiger partial charge on any atom is 0.242 e. The Morgan fingerprint density at radius 3 is 2.39 bits per heavy atom. The molecule has 0 aliphatic heterocycles. The molecule has 0 radical (unpaired) electrons. The highest BCUT2D eigenvalue weighted by Gasteiger charge is 2.14. The molecule has 0 aliphatic rings. The summed E-state index contributed by atoms with van der Waals surface area (Å²) < 4.78 is 2.04. The molecule has 7 heteroatoms. The van der Waals surface area contributed by atoms with Gasteiger partial charge in [-0.2, -0.15) is 0 Å². The maximum absolute atomic E-state index is 12.4. The van der Waals surface area contributed by atoms with Crippen molar-refractivity contribution in [2.45, 2.75) is 33.9 Å². The highest BCUT2D eigenvalue weighted by atomic mass is 16.2. The van der Waals surface area contributed by atoms with E-state index in [0.717, 1.165) is 37.7 Å². The van der Waals surface area contributed by atoms with Gasteiger partial charge in [0.15, 0.2) is 5.96 Å². The Labute approximate surface area is 168 Å². The average Bonchev–Trinajstić information content (AvgIpc) is 3.20. The predicted molar refractivity (Wildman–Crippen MR) is 113 cm³/mol. The first-order valence-electron chi connectivity index (χ1n) is 9.88. The number of nitrogens with one attached hydrogen (secondary N) is 1. The minimum absolute atomic E-state index is 0.113. The van der Waals surface area contributed by atoms with Crippen LogP contribution in [0.3, 0.4) is 0 Å². The fourth-order valence-electron chi connectivity index (χ4n) is 2.93. The SMILES string of the molecule is CCNC(=NCc1ccc(Cn2ccnc2)cc1)N(C)CC(=O)N(CC)CC. The molecule has 0 saturated heterocycles. The second kappa shape index (κ2) is 11.1. The molecule has 1 aromatic heterocycles. The predicted octanol–water partition coefficient (Wildman–Crippen LogP) is 2.20. The van der Waals surface area contributed by atoms with Crippen molar-refractivity contribution in [3.05, 3.63) is 54.1 Å². The van der Waals surface area contributed by atoms with Crippen LogP contribution >= 0.6 is 0 Å². The molecule has 2 rings (SSSR count). The van der Waals surface area contributed by atoms with E-state index in [1.807, 2.05) is 54.7 Å². The van der Waals surface area contributed by atoms with Crippen molar-refractivity contribution < 1.29 is 4.79 Å². The average molecular weight is 385 g/mol. The van der Waals surface area contributed by atoms with Gasteiger partial charge in [0.05, 0.1) is 19.4 Å². The van der Waals surface area contributed by atoms with Crippen LogP contribution in [0.4, 0.5) is 0 Å². The van der Waals surface area contributed by atoms with E-state index in [9.17, 15) is 4.79 Å². The number of carbonyl (C=O) groups excluding carboxylic acids is 1. The molecule has 1 N–H and O–H groups in total. The molecule has 28 heavy (non-hydrogen) atoms. The first kappa shape index (κ1) is 21.5. The summed E-state index contributed by atoms with van der Waals surface area (Å²) in [6.45, 7) is 9.92. The number of amides is 1. The molecule has 1 heterocycles. The number of nitrogens with zero attached hydrogens (tertiary/aromatic N) is 5. The van der Waals surface area contributed by atoms with Crippen LogP contribution in [-0.4, -0.2) is 64.4 Å². The molecule has 152 valence electrons. The van der Waals surface area contributed by atoms with Crippen molar-refractivity contribution in [2.24, 2.45) is 4.99 Å². The third-order valence-corrected chi connectivity index (χ3v) is 4.54. The van der Waals surface area contributed by atoms with Gasteiger partial charge in [-0.3, -0.25) is 4.79 Å². The van der Waals surface area contributed by atoms with E-state index >= 15 is 0 Å². The highest BCUT2D eigenvalue weighted by molar-refractivity contribution is 5.86. The summed E-state index contributed by atoms with van der Waals surface area (Å²) in [7, 11) is 1.90. The van der Waals surface area contributed by atoms with Crippen molar-refractivity contribution in [2.75, 3.05) is 33.2 Å². The van der Waals surface area contributed by atoms with Crippen LogP contribution in [0, 0.1) is 0 Å².